The molecule has 0 atom stereocenters. The Morgan fingerprint density at radius 1 is 1.31 bits per heavy atom. The average Bonchev–Trinajstić information content (AvgIpc) is 2.87. The van der Waals surface area contributed by atoms with Gasteiger partial charge in [0.05, 0.1) is 5.39 Å². The number of anilines is 1. The maximum atomic E-state index is 4.39. The predicted octanol–water partition coefficient (Wildman–Crippen LogP) is 3.27. The molecule has 0 unspecified atom stereocenters. The first-order chi connectivity index (χ1) is 7.59. The number of nitrogens with one attached hydrogen (secondary N) is 1. The van der Waals surface area contributed by atoms with Gasteiger partial charge >= 0.3 is 0 Å². The molecule has 3 rings (SSSR count). The molecule has 0 aliphatic heterocycles. The molecule has 2 aromatic rings. The van der Waals surface area contributed by atoms with E-state index < -0.39 is 0 Å². The van der Waals surface area contributed by atoms with E-state index >= 15 is 0 Å². The largest absolute Gasteiger partial charge is 0.364 e. The van der Waals surface area contributed by atoms with Crippen LogP contribution in [0.15, 0.2) is 6.33 Å². The highest BCUT2D eigenvalue weighted by Gasteiger charge is 2.38. The number of aromatic nitrogens is 2. The van der Waals surface area contributed by atoms with E-state index in [1.165, 1.54) is 28.7 Å². The van der Waals surface area contributed by atoms with Crippen molar-refractivity contribution in [1.29, 1.82) is 0 Å². The highest BCUT2D eigenvalue weighted by Crippen LogP contribution is 2.40. The molecule has 1 aliphatic rings. The third-order valence-corrected chi connectivity index (χ3v) is 4.50. The molecule has 0 radical (unpaired) electrons. The van der Waals surface area contributed by atoms with Crippen LogP contribution in [0.25, 0.3) is 10.2 Å². The lowest BCUT2D eigenvalue weighted by Crippen LogP contribution is -2.17. The smallest absolute Gasteiger partial charge is 0.138 e. The summed E-state index contributed by atoms with van der Waals surface area (Å²) in [5.41, 5.74) is 1.58. The maximum Gasteiger partial charge on any atom is 0.138 e. The van der Waals surface area contributed by atoms with Gasteiger partial charge in [-0.1, -0.05) is 0 Å². The SMILES string of the molecule is Cc1sc2ncnc(NC3(C)CC3)c2c1C. The van der Waals surface area contributed by atoms with Crippen molar-refractivity contribution < 1.29 is 0 Å². The number of rotatable bonds is 2. The Hall–Kier alpha value is -1.16. The van der Waals surface area contributed by atoms with E-state index in [1.54, 1.807) is 17.7 Å². The summed E-state index contributed by atoms with van der Waals surface area (Å²) in [5, 5.41) is 4.75. The van der Waals surface area contributed by atoms with E-state index in [9.17, 15) is 0 Å². The van der Waals surface area contributed by atoms with E-state index in [4.69, 9.17) is 0 Å². The maximum absolute atomic E-state index is 4.39. The fourth-order valence-electron chi connectivity index (χ4n) is 1.88. The summed E-state index contributed by atoms with van der Waals surface area (Å²) in [5.74, 6) is 1.01. The van der Waals surface area contributed by atoms with Gasteiger partial charge in [0, 0.05) is 10.4 Å². The van der Waals surface area contributed by atoms with Crippen LogP contribution in [0.2, 0.25) is 0 Å². The Kier molecular flexibility index (Phi) is 1.98. The first kappa shape index (κ1) is 10.0. The lowest BCUT2D eigenvalue weighted by molar-refractivity contribution is 0.822. The number of hydrogen-bond donors (Lipinski definition) is 1. The Morgan fingerprint density at radius 3 is 2.75 bits per heavy atom. The molecule has 0 aromatic carbocycles. The molecule has 16 heavy (non-hydrogen) atoms. The van der Waals surface area contributed by atoms with Crippen LogP contribution in [0.4, 0.5) is 5.82 Å². The highest BCUT2D eigenvalue weighted by atomic mass is 32.1. The zero-order chi connectivity index (χ0) is 11.3. The summed E-state index contributed by atoms with van der Waals surface area (Å²) in [6.07, 6.45) is 4.13. The van der Waals surface area contributed by atoms with Gasteiger partial charge in [-0.15, -0.1) is 11.3 Å². The number of hydrogen-bond acceptors (Lipinski definition) is 4. The molecule has 3 nitrogen and oxygen atoms in total. The van der Waals surface area contributed by atoms with Crippen molar-refractivity contribution in [2.24, 2.45) is 0 Å². The number of thiophene rings is 1. The summed E-state index contributed by atoms with van der Waals surface area (Å²) in [7, 11) is 0. The van der Waals surface area contributed by atoms with Crippen molar-refractivity contribution in [1.82, 2.24) is 9.97 Å². The third-order valence-electron chi connectivity index (χ3n) is 3.39. The Balaban J connectivity index is 2.16. The van der Waals surface area contributed by atoms with Crippen molar-refractivity contribution >= 4 is 27.4 Å². The molecular weight excluding hydrogens is 218 g/mol. The fraction of sp³-hybridized carbons (Fsp3) is 0.500. The molecule has 0 spiro atoms. The molecule has 1 fully saturated rings. The predicted molar refractivity (Wildman–Crippen MR) is 68.2 cm³/mol. The number of fused-ring (bicyclic) bond motifs is 1. The minimum Gasteiger partial charge on any atom is -0.364 e. The van der Waals surface area contributed by atoms with Crippen LogP contribution in [0.1, 0.15) is 30.2 Å². The fourth-order valence-corrected chi connectivity index (χ4v) is 2.87. The molecule has 2 aromatic heterocycles. The van der Waals surface area contributed by atoms with Gasteiger partial charge in [0.25, 0.3) is 0 Å². The quantitative estimate of drug-likeness (QED) is 0.865. The van der Waals surface area contributed by atoms with E-state index in [0.717, 1.165) is 10.6 Å². The normalized spacial score (nSPS) is 17.7. The molecule has 84 valence electrons. The summed E-state index contributed by atoms with van der Waals surface area (Å²) < 4.78 is 0. The summed E-state index contributed by atoms with van der Waals surface area (Å²) in [6, 6.07) is 0. The number of aryl methyl sites for hydroxylation is 2. The molecule has 2 heterocycles. The Bertz CT molecular complexity index is 555. The lowest BCUT2D eigenvalue weighted by atomic mass is 10.2. The second kappa shape index (κ2) is 3.17. The van der Waals surface area contributed by atoms with Crippen molar-refractivity contribution in [2.75, 3.05) is 5.32 Å². The van der Waals surface area contributed by atoms with Gasteiger partial charge in [-0.3, -0.25) is 0 Å². The average molecular weight is 233 g/mol. The van der Waals surface area contributed by atoms with E-state index in [2.05, 4.69) is 36.1 Å². The third kappa shape index (κ3) is 1.48. The van der Waals surface area contributed by atoms with Crippen LogP contribution in [0.3, 0.4) is 0 Å². The van der Waals surface area contributed by atoms with Gasteiger partial charge in [-0.25, -0.2) is 9.97 Å². The van der Waals surface area contributed by atoms with Gasteiger partial charge in [0.15, 0.2) is 0 Å². The van der Waals surface area contributed by atoms with Gasteiger partial charge in [-0.05, 0) is 39.2 Å². The minimum absolute atomic E-state index is 0.267. The molecule has 0 saturated heterocycles. The lowest BCUT2D eigenvalue weighted by Gasteiger charge is -2.12. The van der Waals surface area contributed by atoms with Crippen LogP contribution >= 0.6 is 11.3 Å². The highest BCUT2D eigenvalue weighted by molar-refractivity contribution is 7.18. The molecule has 0 bridgehead atoms. The van der Waals surface area contributed by atoms with Crippen LogP contribution in [0, 0.1) is 13.8 Å². The monoisotopic (exact) mass is 233 g/mol. The van der Waals surface area contributed by atoms with Crippen molar-refractivity contribution in [3.05, 3.63) is 16.8 Å². The van der Waals surface area contributed by atoms with Gasteiger partial charge in [0.2, 0.25) is 0 Å². The van der Waals surface area contributed by atoms with Crippen molar-refractivity contribution in [3.8, 4) is 0 Å². The number of nitrogens with zero attached hydrogens (tertiary/aromatic N) is 2. The summed E-state index contributed by atoms with van der Waals surface area (Å²) in [6.45, 7) is 6.54. The van der Waals surface area contributed by atoms with Gasteiger partial charge in [0.1, 0.15) is 17.0 Å². The molecule has 1 aliphatic carbocycles. The zero-order valence-corrected chi connectivity index (χ0v) is 10.6. The van der Waals surface area contributed by atoms with E-state index in [0.29, 0.717) is 0 Å². The second-order valence-corrected chi connectivity index (χ2v) is 6.07. The van der Waals surface area contributed by atoms with Crippen molar-refractivity contribution in [2.45, 2.75) is 39.2 Å². The minimum atomic E-state index is 0.267. The van der Waals surface area contributed by atoms with Crippen LogP contribution in [-0.4, -0.2) is 15.5 Å². The molecule has 1 N–H and O–H groups in total. The topological polar surface area (TPSA) is 37.8 Å². The summed E-state index contributed by atoms with van der Waals surface area (Å²) in [4.78, 5) is 11.2. The molecule has 0 amide bonds. The van der Waals surface area contributed by atoms with Crippen LogP contribution < -0.4 is 5.32 Å². The molecular formula is C12H15N3S. The molecule has 4 heteroatoms. The molecule has 1 saturated carbocycles. The second-order valence-electron chi connectivity index (χ2n) is 4.87. The Labute approximate surface area is 98.9 Å². The van der Waals surface area contributed by atoms with Gasteiger partial charge < -0.3 is 5.32 Å². The van der Waals surface area contributed by atoms with Crippen molar-refractivity contribution in [3.63, 3.8) is 0 Å². The summed E-state index contributed by atoms with van der Waals surface area (Å²) >= 11 is 1.75. The zero-order valence-electron chi connectivity index (χ0n) is 9.79. The van der Waals surface area contributed by atoms with E-state index in [1.807, 2.05) is 0 Å². The van der Waals surface area contributed by atoms with Gasteiger partial charge in [-0.2, -0.15) is 0 Å². The Morgan fingerprint density at radius 2 is 2.06 bits per heavy atom. The first-order valence-electron chi connectivity index (χ1n) is 5.58. The van der Waals surface area contributed by atoms with Crippen LogP contribution in [0.5, 0.6) is 0 Å². The van der Waals surface area contributed by atoms with Crippen LogP contribution in [-0.2, 0) is 0 Å². The first-order valence-corrected chi connectivity index (χ1v) is 6.40. The standard InChI is InChI=1S/C12H15N3S/c1-7-8(2)16-11-9(7)10(13-6-14-11)15-12(3)4-5-12/h6H,4-5H2,1-3H3,(H,13,14,15). The van der Waals surface area contributed by atoms with E-state index in [-0.39, 0.29) is 5.54 Å².